The van der Waals surface area contributed by atoms with Crippen molar-refractivity contribution >= 4 is 17.4 Å². The number of hydrogen-bond acceptors (Lipinski definition) is 7. The van der Waals surface area contributed by atoms with E-state index in [2.05, 4.69) is 0 Å². The maximum absolute atomic E-state index is 13.3. The van der Waals surface area contributed by atoms with E-state index >= 15 is 0 Å². The molecule has 0 aliphatic carbocycles. The number of nitrogens with zero attached hydrogens (tertiary/aromatic N) is 1. The van der Waals surface area contributed by atoms with E-state index in [9.17, 15) is 14.7 Å². The second-order valence-electron chi connectivity index (χ2n) is 8.58. The molecule has 2 aromatic carbocycles. The first kappa shape index (κ1) is 22.6. The summed E-state index contributed by atoms with van der Waals surface area (Å²) in [6.07, 6.45) is 2.24. The van der Waals surface area contributed by atoms with Crippen LogP contribution in [0.3, 0.4) is 0 Å². The third-order valence-electron chi connectivity index (χ3n) is 6.34. The molecule has 8 nitrogen and oxygen atoms in total. The third-order valence-corrected chi connectivity index (χ3v) is 6.34. The summed E-state index contributed by atoms with van der Waals surface area (Å²) in [6, 6.07) is 13.0. The number of aliphatic hydroxyl groups excluding tert-OH is 1. The van der Waals surface area contributed by atoms with Gasteiger partial charge in [0.2, 0.25) is 0 Å². The highest BCUT2D eigenvalue weighted by molar-refractivity contribution is 6.46. The Kier molecular flexibility index (Phi) is 5.72. The number of fused-ring (bicyclic) bond motifs is 1. The number of hydrogen-bond donors (Lipinski definition) is 1. The molecule has 2 atom stereocenters. The van der Waals surface area contributed by atoms with Crippen LogP contribution in [0.5, 0.6) is 17.2 Å². The van der Waals surface area contributed by atoms with Gasteiger partial charge in [0.05, 0.1) is 38.6 Å². The average molecular weight is 475 g/mol. The quantitative estimate of drug-likeness (QED) is 0.323. The first-order valence-electron chi connectivity index (χ1n) is 11.2. The largest absolute Gasteiger partial charge is 0.507 e. The predicted octanol–water partition coefficient (Wildman–Crippen LogP) is 4.24. The fourth-order valence-electron chi connectivity index (χ4n) is 4.71. The number of methoxy groups -OCH3 is 2. The molecule has 1 saturated heterocycles. The summed E-state index contributed by atoms with van der Waals surface area (Å²) in [5, 5.41) is 11.4. The molecular weight excluding hydrogens is 450 g/mol. The van der Waals surface area contributed by atoms with E-state index in [0.29, 0.717) is 34.8 Å². The number of carbonyl (C=O) groups is 2. The molecule has 180 valence electrons. The Morgan fingerprint density at radius 1 is 1.09 bits per heavy atom. The lowest BCUT2D eigenvalue weighted by Crippen LogP contribution is -2.29. The van der Waals surface area contributed by atoms with E-state index in [1.165, 1.54) is 25.4 Å². The summed E-state index contributed by atoms with van der Waals surface area (Å²) in [6.45, 7) is 2.03. The van der Waals surface area contributed by atoms with Gasteiger partial charge in [-0.05, 0) is 60.5 Å². The molecule has 3 aromatic rings. The van der Waals surface area contributed by atoms with Gasteiger partial charge in [-0.2, -0.15) is 0 Å². The number of ketones is 1. The van der Waals surface area contributed by atoms with Crippen LogP contribution >= 0.6 is 0 Å². The highest BCUT2D eigenvalue weighted by Crippen LogP contribution is 2.43. The Morgan fingerprint density at radius 2 is 1.89 bits per heavy atom. The summed E-state index contributed by atoms with van der Waals surface area (Å²) < 4.78 is 22.0. The minimum absolute atomic E-state index is 0.000639. The Labute approximate surface area is 202 Å². The molecule has 3 heterocycles. The highest BCUT2D eigenvalue weighted by atomic mass is 16.5. The number of ether oxygens (including phenoxy) is 3. The number of carbonyl (C=O) groups excluding carboxylic acids is 2. The van der Waals surface area contributed by atoms with Crippen LogP contribution in [0, 0.1) is 0 Å². The highest BCUT2D eigenvalue weighted by Gasteiger charge is 2.46. The van der Waals surface area contributed by atoms with Crippen LogP contribution < -0.4 is 14.2 Å². The van der Waals surface area contributed by atoms with Gasteiger partial charge in [-0.1, -0.05) is 6.07 Å². The van der Waals surface area contributed by atoms with Gasteiger partial charge in [0.25, 0.3) is 11.7 Å². The van der Waals surface area contributed by atoms with E-state index in [1.54, 1.807) is 48.5 Å². The summed E-state index contributed by atoms with van der Waals surface area (Å²) in [5.41, 5.74) is 1.98. The van der Waals surface area contributed by atoms with Gasteiger partial charge in [0.15, 0.2) is 11.5 Å². The molecule has 2 aliphatic heterocycles. The molecule has 0 bridgehead atoms. The zero-order valence-electron chi connectivity index (χ0n) is 19.6. The molecule has 0 spiro atoms. The standard InChI is InChI=1S/C27H25NO7/c1-15-11-18-12-17(7-8-20(18)35-15)25(29)23-24(16-6-9-21(32-2)22(13-16)33-3)28(27(31)26(23)30)14-19-5-4-10-34-19/h4-10,12-13,15,24,29H,11,14H2,1-3H3/b25-23-. The molecule has 8 heteroatoms. The zero-order valence-corrected chi connectivity index (χ0v) is 19.6. The van der Waals surface area contributed by atoms with Gasteiger partial charge in [-0.25, -0.2) is 0 Å². The van der Waals surface area contributed by atoms with Crippen LogP contribution in [0.1, 0.15) is 35.4 Å². The van der Waals surface area contributed by atoms with Crippen molar-refractivity contribution in [3.63, 3.8) is 0 Å². The molecule has 1 N–H and O–H groups in total. The van der Waals surface area contributed by atoms with Crippen molar-refractivity contribution in [3.8, 4) is 17.2 Å². The number of likely N-dealkylation sites (tertiary alicyclic amines) is 1. The molecule has 0 saturated carbocycles. The second-order valence-corrected chi connectivity index (χ2v) is 8.58. The van der Waals surface area contributed by atoms with Crippen LogP contribution in [0.4, 0.5) is 0 Å². The fourth-order valence-corrected chi connectivity index (χ4v) is 4.71. The topological polar surface area (TPSA) is 98.4 Å². The van der Waals surface area contributed by atoms with E-state index in [4.69, 9.17) is 18.6 Å². The number of Topliss-reactive ketones (excluding diaryl/α,β-unsaturated/α-hetero) is 1. The van der Waals surface area contributed by atoms with Crippen molar-refractivity contribution in [1.82, 2.24) is 4.90 Å². The molecule has 0 radical (unpaired) electrons. The Balaban J connectivity index is 1.65. The Morgan fingerprint density at radius 3 is 2.60 bits per heavy atom. The zero-order chi connectivity index (χ0) is 24.7. The number of aliphatic hydroxyl groups is 1. The first-order chi connectivity index (χ1) is 16.9. The van der Waals surface area contributed by atoms with Crippen LogP contribution in [0.15, 0.2) is 64.8 Å². The van der Waals surface area contributed by atoms with Gasteiger partial charge in [0, 0.05) is 12.0 Å². The molecule has 2 aliphatic rings. The monoisotopic (exact) mass is 475 g/mol. The van der Waals surface area contributed by atoms with E-state index < -0.39 is 17.7 Å². The van der Waals surface area contributed by atoms with Crippen molar-refractivity contribution in [3.05, 3.63) is 82.8 Å². The van der Waals surface area contributed by atoms with Crippen molar-refractivity contribution in [2.24, 2.45) is 0 Å². The maximum atomic E-state index is 13.3. The van der Waals surface area contributed by atoms with Gasteiger partial charge in [-0.3, -0.25) is 9.59 Å². The van der Waals surface area contributed by atoms with Crippen molar-refractivity contribution < 1.29 is 33.3 Å². The number of rotatable bonds is 6. The number of amides is 1. The normalized spacial score (nSPS) is 20.6. The lowest BCUT2D eigenvalue weighted by Gasteiger charge is -2.25. The van der Waals surface area contributed by atoms with Crippen molar-refractivity contribution in [2.75, 3.05) is 14.2 Å². The Bertz CT molecular complexity index is 1330. The minimum atomic E-state index is -0.858. The maximum Gasteiger partial charge on any atom is 0.296 e. The van der Waals surface area contributed by atoms with Crippen molar-refractivity contribution in [2.45, 2.75) is 32.0 Å². The SMILES string of the molecule is COc1ccc(C2/C(=C(/O)c3ccc4c(c3)CC(C)O4)C(=O)C(=O)N2Cc2ccco2)cc1OC. The molecule has 5 rings (SSSR count). The summed E-state index contributed by atoms with van der Waals surface area (Å²) in [7, 11) is 3.04. The first-order valence-corrected chi connectivity index (χ1v) is 11.2. The average Bonchev–Trinajstić information content (AvgIpc) is 3.57. The van der Waals surface area contributed by atoms with Crippen molar-refractivity contribution in [1.29, 1.82) is 0 Å². The number of furan rings is 1. The minimum Gasteiger partial charge on any atom is -0.507 e. The number of benzene rings is 2. The molecular formula is C27H25NO7. The second kappa shape index (κ2) is 8.87. The van der Waals surface area contributed by atoms with Crippen LogP contribution in [0.25, 0.3) is 5.76 Å². The fraction of sp³-hybridized carbons (Fsp3) is 0.259. The van der Waals surface area contributed by atoms with Gasteiger partial charge >= 0.3 is 0 Å². The molecule has 2 unspecified atom stereocenters. The summed E-state index contributed by atoms with van der Waals surface area (Å²) in [5.74, 6) is 0.487. The molecule has 1 fully saturated rings. The molecule has 1 aromatic heterocycles. The van der Waals surface area contributed by atoms with Gasteiger partial charge in [-0.15, -0.1) is 0 Å². The van der Waals surface area contributed by atoms with Gasteiger partial charge < -0.3 is 28.6 Å². The smallest absolute Gasteiger partial charge is 0.296 e. The third kappa shape index (κ3) is 3.90. The Hall–Kier alpha value is -4.20. The predicted molar refractivity (Wildman–Crippen MR) is 126 cm³/mol. The molecule has 35 heavy (non-hydrogen) atoms. The van der Waals surface area contributed by atoms with E-state index in [1.807, 2.05) is 6.92 Å². The van der Waals surface area contributed by atoms with Crippen LogP contribution in [-0.2, 0) is 22.6 Å². The summed E-state index contributed by atoms with van der Waals surface area (Å²) in [4.78, 5) is 27.9. The van der Waals surface area contributed by atoms with Crippen LogP contribution in [-0.4, -0.2) is 42.0 Å². The van der Waals surface area contributed by atoms with E-state index in [0.717, 1.165) is 11.3 Å². The lowest BCUT2D eigenvalue weighted by molar-refractivity contribution is -0.140. The lowest BCUT2D eigenvalue weighted by atomic mass is 9.94. The van der Waals surface area contributed by atoms with E-state index in [-0.39, 0.29) is 24.0 Å². The molecule has 1 amide bonds. The summed E-state index contributed by atoms with van der Waals surface area (Å²) >= 11 is 0. The van der Waals surface area contributed by atoms with Crippen LogP contribution in [0.2, 0.25) is 0 Å². The van der Waals surface area contributed by atoms with Gasteiger partial charge in [0.1, 0.15) is 23.4 Å².